The van der Waals surface area contributed by atoms with Crippen LogP contribution in [0.3, 0.4) is 0 Å². The van der Waals surface area contributed by atoms with E-state index in [0.717, 1.165) is 12.8 Å². The minimum absolute atomic E-state index is 0.140. The largest absolute Gasteiger partial charge is 0.454 e. The molecule has 0 aromatic heterocycles. The van der Waals surface area contributed by atoms with Crippen molar-refractivity contribution in [2.75, 3.05) is 0 Å². The van der Waals surface area contributed by atoms with Crippen molar-refractivity contribution in [3.8, 4) is 17.6 Å². The first-order valence-electron chi connectivity index (χ1n) is 8.99. The first-order valence-corrected chi connectivity index (χ1v) is 9.37. The molecule has 1 heterocycles. The summed E-state index contributed by atoms with van der Waals surface area (Å²) < 4.78 is 5.75. The second kappa shape index (κ2) is 8.43. The van der Waals surface area contributed by atoms with Crippen LogP contribution >= 0.6 is 11.6 Å². The summed E-state index contributed by atoms with van der Waals surface area (Å²) in [4.78, 5) is 12.6. The predicted molar refractivity (Wildman–Crippen MR) is 105 cm³/mol. The van der Waals surface area contributed by atoms with Crippen molar-refractivity contribution in [1.82, 2.24) is 10.6 Å². The topological polar surface area (TPSA) is 74.1 Å². The Morgan fingerprint density at radius 3 is 2.56 bits per heavy atom. The minimum atomic E-state index is -0.146. The van der Waals surface area contributed by atoms with Crippen molar-refractivity contribution in [3.05, 3.63) is 58.6 Å². The summed E-state index contributed by atoms with van der Waals surface area (Å²) in [6, 6.07) is 14.8. The van der Waals surface area contributed by atoms with E-state index in [0.29, 0.717) is 39.7 Å². The summed E-state index contributed by atoms with van der Waals surface area (Å²) in [6.07, 6.45) is 1.80. The second-order valence-corrected chi connectivity index (χ2v) is 7.37. The number of nitrogens with zero attached hydrogens (tertiary/aromatic N) is 1. The van der Waals surface area contributed by atoms with Crippen LogP contribution in [0.25, 0.3) is 0 Å². The number of carbonyl (C=O) groups is 1. The smallest absolute Gasteiger partial charge is 0.251 e. The Hall–Kier alpha value is -2.55. The molecule has 1 saturated heterocycles. The lowest BCUT2D eigenvalue weighted by molar-refractivity contribution is 0.0920. The van der Waals surface area contributed by atoms with Crippen LogP contribution in [0.4, 0.5) is 0 Å². The molecule has 2 aromatic rings. The van der Waals surface area contributed by atoms with Crippen LogP contribution in [0.5, 0.6) is 11.5 Å². The fraction of sp³-hybridized carbons (Fsp3) is 0.333. The molecule has 0 aliphatic carbocycles. The third-order valence-corrected chi connectivity index (χ3v) is 4.90. The van der Waals surface area contributed by atoms with E-state index in [9.17, 15) is 4.79 Å². The van der Waals surface area contributed by atoms with Gasteiger partial charge in [-0.3, -0.25) is 4.79 Å². The normalized spacial score (nSPS) is 21.9. The van der Waals surface area contributed by atoms with Gasteiger partial charge in [-0.1, -0.05) is 23.7 Å². The third kappa shape index (κ3) is 4.79. The van der Waals surface area contributed by atoms with Crippen molar-refractivity contribution in [2.24, 2.45) is 0 Å². The lowest BCUT2D eigenvalue weighted by Crippen LogP contribution is -2.50. The number of rotatable bonds is 4. The van der Waals surface area contributed by atoms with E-state index in [1.54, 1.807) is 42.5 Å². The number of piperidine rings is 1. The Kier molecular flexibility index (Phi) is 6.00. The molecule has 0 bridgehead atoms. The number of nitrogens with one attached hydrogen (secondary N) is 2. The van der Waals surface area contributed by atoms with Gasteiger partial charge in [-0.2, -0.15) is 5.26 Å². The van der Waals surface area contributed by atoms with Crippen molar-refractivity contribution >= 4 is 17.5 Å². The van der Waals surface area contributed by atoms with Crippen LogP contribution in [0.15, 0.2) is 42.5 Å². The fourth-order valence-electron chi connectivity index (χ4n) is 3.45. The monoisotopic (exact) mass is 383 g/mol. The number of hydrogen-bond acceptors (Lipinski definition) is 4. The standard InChI is InChI=1S/C21H22ClN3O2/c1-13-9-17(10-14(2)24-13)25-21(26)15-7-8-20(18(22)11-15)27-19-6-4-3-5-16(19)12-23/h3-8,11,13-14,17,24H,9-10H2,1-2H3,(H,25,26). The third-order valence-electron chi connectivity index (χ3n) is 4.60. The summed E-state index contributed by atoms with van der Waals surface area (Å²) in [5, 5.41) is 16.0. The SMILES string of the molecule is CC1CC(NC(=O)c2ccc(Oc3ccccc3C#N)c(Cl)c2)CC(C)N1. The van der Waals surface area contributed by atoms with Gasteiger partial charge in [-0.15, -0.1) is 0 Å². The highest BCUT2D eigenvalue weighted by Gasteiger charge is 2.25. The van der Waals surface area contributed by atoms with Gasteiger partial charge in [0.05, 0.1) is 10.6 Å². The maximum absolute atomic E-state index is 12.6. The Morgan fingerprint density at radius 1 is 1.19 bits per heavy atom. The van der Waals surface area contributed by atoms with Gasteiger partial charge < -0.3 is 15.4 Å². The van der Waals surface area contributed by atoms with Gasteiger partial charge in [0.15, 0.2) is 0 Å². The molecule has 27 heavy (non-hydrogen) atoms. The van der Waals surface area contributed by atoms with Gasteiger partial charge >= 0.3 is 0 Å². The zero-order valence-corrected chi connectivity index (χ0v) is 16.1. The number of hydrogen-bond donors (Lipinski definition) is 2. The number of ether oxygens (including phenoxy) is 1. The molecule has 3 rings (SSSR count). The van der Waals surface area contributed by atoms with E-state index in [4.69, 9.17) is 21.6 Å². The molecule has 0 spiro atoms. The highest BCUT2D eigenvalue weighted by molar-refractivity contribution is 6.32. The molecule has 2 unspecified atom stereocenters. The van der Waals surface area contributed by atoms with E-state index in [2.05, 4.69) is 30.6 Å². The van der Waals surface area contributed by atoms with Crippen molar-refractivity contribution < 1.29 is 9.53 Å². The lowest BCUT2D eigenvalue weighted by Gasteiger charge is -2.33. The summed E-state index contributed by atoms with van der Waals surface area (Å²) in [6.45, 7) is 4.24. The van der Waals surface area contributed by atoms with E-state index >= 15 is 0 Å². The molecule has 2 N–H and O–H groups in total. The van der Waals surface area contributed by atoms with Gasteiger partial charge in [-0.25, -0.2) is 0 Å². The number of nitriles is 1. The molecule has 2 aromatic carbocycles. The van der Waals surface area contributed by atoms with Gasteiger partial charge in [0.25, 0.3) is 5.91 Å². The van der Waals surface area contributed by atoms with Gasteiger partial charge in [-0.05, 0) is 57.0 Å². The number of carbonyl (C=O) groups excluding carboxylic acids is 1. The van der Waals surface area contributed by atoms with Crippen LogP contribution in [0, 0.1) is 11.3 Å². The molecule has 1 amide bonds. The number of halogens is 1. The van der Waals surface area contributed by atoms with Crippen molar-refractivity contribution in [3.63, 3.8) is 0 Å². The van der Waals surface area contributed by atoms with Crippen molar-refractivity contribution in [2.45, 2.75) is 44.8 Å². The average Bonchev–Trinajstić information content (AvgIpc) is 2.63. The molecule has 1 aliphatic heterocycles. The van der Waals surface area contributed by atoms with E-state index in [1.165, 1.54) is 0 Å². The molecular formula is C21H22ClN3O2. The first kappa shape index (κ1) is 19.2. The summed E-state index contributed by atoms with van der Waals surface area (Å²) >= 11 is 6.31. The molecular weight excluding hydrogens is 362 g/mol. The highest BCUT2D eigenvalue weighted by Crippen LogP contribution is 2.31. The Labute approximate surface area is 164 Å². The average molecular weight is 384 g/mol. The van der Waals surface area contributed by atoms with Crippen LogP contribution < -0.4 is 15.4 Å². The van der Waals surface area contributed by atoms with Gasteiger partial charge in [0.1, 0.15) is 17.6 Å². The zero-order valence-electron chi connectivity index (χ0n) is 15.3. The number of benzene rings is 2. The molecule has 0 saturated carbocycles. The zero-order chi connectivity index (χ0) is 19.4. The van der Waals surface area contributed by atoms with Crippen LogP contribution in [0.1, 0.15) is 42.6 Å². The van der Waals surface area contributed by atoms with E-state index in [-0.39, 0.29) is 11.9 Å². The molecule has 2 atom stereocenters. The first-order chi connectivity index (χ1) is 13.0. The molecule has 6 heteroatoms. The summed E-state index contributed by atoms with van der Waals surface area (Å²) in [5.41, 5.74) is 0.907. The molecule has 140 valence electrons. The summed E-state index contributed by atoms with van der Waals surface area (Å²) in [7, 11) is 0. The fourth-order valence-corrected chi connectivity index (χ4v) is 3.67. The van der Waals surface area contributed by atoms with Gasteiger partial charge in [0.2, 0.25) is 0 Å². The van der Waals surface area contributed by atoms with E-state index in [1.807, 2.05) is 0 Å². The van der Waals surface area contributed by atoms with Crippen molar-refractivity contribution in [1.29, 1.82) is 5.26 Å². The molecule has 1 aliphatic rings. The van der Waals surface area contributed by atoms with Gasteiger partial charge in [0, 0.05) is 23.7 Å². The molecule has 0 radical (unpaired) electrons. The Morgan fingerprint density at radius 2 is 1.89 bits per heavy atom. The predicted octanol–water partition coefficient (Wildman–Crippen LogP) is 4.26. The molecule has 5 nitrogen and oxygen atoms in total. The number of amides is 1. The summed E-state index contributed by atoms with van der Waals surface area (Å²) in [5.74, 6) is 0.684. The molecule has 1 fully saturated rings. The maximum atomic E-state index is 12.6. The highest BCUT2D eigenvalue weighted by atomic mass is 35.5. The maximum Gasteiger partial charge on any atom is 0.251 e. The minimum Gasteiger partial charge on any atom is -0.454 e. The second-order valence-electron chi connectivity index (χ2n) is 6.97. The van der Waals surface area contributed by atoms with Crippen LogP contribution in [-0.4, -0.2) is 24.0 Å². The Balaban J connectivity index is 1.71. The van der Waals surface area contributed by atoms with Crippen LogP contribution in [0.2, 0.25) is 5.02 Å². The number of para-hydroxylation sites is 1. The van der Waals surface area contributed by atoms with E-state index < -0.39 is 0 Å². The Bertz CT molecular complexity index is 868. The van der Waals surface area contributed by atoms with Crippen LogP contribution in [-0.2, 0) is 0 Å². The lowest BCUT2D eigenvalue weighted by atomic mass is 9.95. The quantitative estimate of drug-likeness (QED) is 0.827.